The molecule has 46 heavy (non-hydrogen) atoms. The first kappa shape index (κ1) is 35.0. The van der Waals surface area contributed by atoms with Gasteiger partial charge in [-0.1, -0.05) is 36.6 Å². The molecule has 0 fully saturated rings. The first-order valence-corrected chi connectivity index (χ1v) is 15.4. The number of aromatic nitrogens is 4. The Bertz CT molecular complexity index is 1490. The topological polar surface area (TPSA) is 87.4 Å². The molecule has 1 aromatic heterocycles. The zero-order valence-electron chi connectivity index (χ0n) is 26.6. The molecule has 0 saturated heterocycles. The van der Waals surface area contributed by atoms with Crippen LogP contribution in [0.3, 0.4) is 0 Å². The standard InChI is InChI=1S/C32H40F6N6O2/c1-6-23(29(45)46)10-9-19(2)17-43-11-7-8-27(26-13-20(3)12-21(4)28(26)43)44(30-39-41-42(5)40-30)18-22-14-24(31(33,34)35)16-25(15-22)32(36,37)38/h12-16,19,23,27H,6-11,17-18H2,1-5H3,(H,45,46)/t19-,23-,27-/m0/s1. The van der Waals surface area contributed by atoms with Crippen molar-refractivity contribution in [3.63, 3.8) is 0 Å². The first-order chi connectivity index (χ1) is 21.5. The summed E-state index contributed by atoms with van der Waals surface area (Å²) in [4.78, 5) is 16.7. The molecule has 3 aromatic rings. The maximum atomic E-state index is 13.7. The highest BCUT2D eigenvalue weighted by molar-refractivity contribution is 5.69. The van der Waals surface area contributed by atoms with E-state index in [0.717, 1.165) is 40.9 Å². The minimum atomic E-state index is -4.98. The second-order valence-corrected chi connectivity index (χ2v) is 12.4. The Morgan fingerprint density at radius 3 is 2.24 bits per heavy atom. The van der Waals surface area contributed by atoms with Crippen LogP contribution in [0.5, 0.6) is 0 Å². The summed E-state index contributed by atoms with van der Waals surface area (Å²) in [5.74, 6) is -0.953. The number of carbonyl (C=O) groups is 1. The van der Waals surface area contributed by atoms with Crippen molar-refractivity contribution in [1.82, 2.24) is 20.2 Å². The SMILES string of the molecule is CC[C@@H](CC[C@H](C)CN1CCC[C@H](N(Cc2cc(C(F)(F)F)cc(C(F)(F)F)c2)c2nnn(C)n2)c2cc(C)cc(C)c21)C(=O)O. The molecule has 0 aliphatic carbocycles. The van der Waals surface area contributed by atoms with E-state index in [4.69, 9.17) is 0 Å². The molecule has 1 aliphatic heterocycles. The Kier molecular flexibility index (Phi) is 10.6. The third-order valence-corrected chi connectivity index (χ3v) is 8.57. The Morgan fingerprint density at radius 1 is 1.04 bits per heavy atom. The van der Waals surface area contributed by atoms with E-state index in [2.05, 4.69) is 27.2 Å². The van der Waals surface area contributed by atoms with E-state index in [1.165, 1.54) is 11.8 Å². The van der Waals surface area contributed by atoms with E-state index in [1.54, 1.807) is 4.90 Å². The normalized spacial score (nSPS) is 16.9. The summed E-state index contributed by atoms with van der Waals surface area (Å²) in [6.45, 7) is 8.87. The van der Waals surface area contributed by atoms with Crippen LogP contribution in [-0.4, -0.2) is 44.4 Å². The number of fused-ring (bicyclic) bond motifs is 1. The molecule has 1 aliphatic rings. The predicted molar refractivity (Wildman–Crippen MR) is 161 cm³/mol. The van der Waals surface area contributed by atoms with Gasteiger partial charge in [0.15, 0.2) is 0 Å². The first-order valence-electron chi connectivity index (χ1n) is 15.4. The zero-order valence-corrected chi connectivity index (χ0v) is 26.6. The zero-order chi connectivity index (χ0) is 34.0. The van der Waals surface area contributed by atoms with E-state index >= 15 is 0 Å². The number of anilines is 2. The van der Waals surface area contributed by atoms with E-state index < -0.39 is 41.4 Å². The number of carboxylic acid groups (broad SMARTS) is 1. The molecule has 3 atom stereocenters. The number of rotatable bonds is 11. The third kappa shape index (κ3) is 8.30. The van der Waals surface area contributed by atoms with Crippen molar-refractivity contribution in [2.24, 2.45) is 18.9 Å². The van der Waals surface area contributed by atoms with E-state index in [-0.39, 0.29) is 30.0 Å². The van der Waals surface area contributed by atoms with E-state index in [0.29, 0.717) is 38.8 Å². The molecule has 0 saturated carbocycles. The van der Waals surface area contributed by atoms with Crippen LogP contribution in [-0.2, 0) is 30.7 Å². The maximum absolute atomic E-state index is 13.7. The molecule has 1 N–H and O–H groups in total. The highest BCUT2D eigenvalue weighted by atomic mass is 19.4. The molecule has 0 spiro atoms. The summed E-state index contributed by atoms with van der Waals surface area (Å²) in [5, 5.41) is 21.8. The van der Waals surface area contributed by atoms with Crippen LogP contribution in [0.1, 0.15) is 85.4 Å². The van der Waals surface area contributed by atoms with Gasteiger partial charge in [-0.15, -0.1) is 5.10 Å². The monoisotopic (exact) mass is 654 g/mol. The van der Waals surface area contributed by atoms with Gasteiger partial charge in [-0.2, -0.15) is 31.1 Å². The van der Waals surface area contributed by atoms with Crippen LogP contribution < -0.4 is 9.80 Å². The van der Waals surface area contributed by atoms with Crippen LogP contribution >= 0.6 is 0 Å². The number of nitrogens with zero attached hydrogens (tertiary/aromatic N) is 6. The predicted octanol–water partition coefficient (Wildman–Crippen LogP) is 7.74. The number of aryl methyl sites for hydroxylation is 3. The second-order valence-electron chi connectivity index (χ2n) is 12.4. The number of halogens is 6. The molecule has 2 heterocycles. The van der Waals surface area contributed by atoms with Crippen molar-refractivity contribution < 1.29 is 36.2 Å². The lowest BCUT2D eigenvalue weighted by molar-refractivity contribution is -0.144. The van der Waals surface area contributed by atoms with Gasteiger partial charge in [0.05, 0.1) is 30.1 Å². The quantitative estimate of drug-likeness (QED) is 0.212. The van der Waals surface area contributed by atoms with Crippen LogP contribution in [0.25, 0.3) is 0 Å². The molecule has 8 nitrogen and oxygen atoms in total. The molecule has 252 valence electrons. The van der Waals surface area contributed by atoms with Gasteiger partial charge in [0.25, 0.3) is 5.95 Å². The number of hydrogen-bond acceptors (Lipinski definition) is 6. The minimum Gasteiger partial charge on any atom is -0.481 e. The number of tetrazole rings is 1. The summed E-state index contributed by atoms with van der Waals surface area (Å²) in [5.41, 5.74) is 0.801. The summed E-state index contributed by atoms with van der Waals surface area (Å²) in [6.07, 6.45) is -6.92. The van der Waals surface area contributed by atoms with Gasteiger partial charge >= 0.3 is 18.3 Å². The molecule has 14 heteroatoms. The lowest BCUT2D eigenvalue weighted by atomic mass is 9.93. The Hall–Kier alpha value is -3.84. The summed E-state index contributed by atoms with van der Waals surface area (Å²) in [6, 6.07) is 5.17. The van der Waals surface area contributed by atoms with Crippen LogP contribution in [0.2, 0.25) is 0 Å². The lowest BCUT2D eigenvalue weighted by Gasteiger charge is -2.34. The van der Waals surface area contributed by atoms with Gasteiger partial charge < -0.3 is 14.9 Å². The van der Waals surface area contributed by atoms with Crippen molar-refractivity contribution in [3.05, 3.63) is 63.7 Å². The highest BCUT2D eigenvalue weighted by Crippen LogP contribution is 2.43. The van der Waals surface area contributed by atoms with Crippen molar-refractivity contribution in [1.29, 1.82) is 0 Å². The summed E-state index contributed by atoms with van der Waals surface area (Å²) in [7, 11) is 1.53. The van der Waals surface area contributed by atoms with E-state index in [1.807, 2.05) is 32.9 Å². The maximum Gasteiger partial charge on any atom is 0.416 e. The molecule has 4 rings (SSSR count). The average molecular weight is 655 g/mol. The smallest absolute Gasteiger partial charge is 0.416 e. The van der Waals surface area contributed by atoms with Gasteiger partial charge in [-0.05, 0) is 92.0 Å². The minimum absolute atomic E-state index is 0.0877. The van der Waals surface area contributed by atoms with Crippen molar-refractivity contribution >= 4 is 17.6 Å². The fourth-order valence-electron chi connectivity index (χ4n) is 6.40. The Morgan fingerprint density at radius 2 is 1.70 bits per heavy atom. The molecule has 2 aromatic carbocycles. The van der Waals surface area contributed by atoms with Crippen LogP contribution in [0.4, 0.5) is 38.0 Å². The molecule has 0 unspecified atom stereocenters. The largest absolute Gasteiger partial charge is 0.481 e. The van der Waals surface area contributed by atoms with Gasteiger partial charge in [-0.25, -0.2) is 0 Å². The lowest BCUT2D eigenvalue weighted by Crippen LogP contribution is -2.32. The number of alkyl halides is 6. The van der Waals surface area contributed by atoms with Gasteiger partial charge in [0.1, 0.15) is 0 Å². The van der Waals surface area contributed by atoms with Crippen molar-refractivity contribution in [2.75, 3.05) is 22.9 Å². The Labute approximate surface area is 264 Å². The van der Waals surface area contributed by atoms with Gasteiger partial charge in [0.2, 0.25) is 0 Å². The summed E-state index contributed by atoms with van der Waals surface area (Å²) < 4.78 is 82.5. The third-order valence-electron chi connectivity index (χ3n) is 8.57. The molecule has 0 amide bonds. The highest BCUT2D eigenvalue weighted by Gasteiger charge is 2.38. The molecular weight excluding hydrogens is 614 g/mol. The van der Waals surface area contributed by atoms with E-state index in [9.17, 15) is 36.2 Å². The second kappa shape index (κ2) is 13.9. The number of aliphatic carboxylic acids is 1. The number of hydrogen-bond donors (Lipinski definition) is 1. The molecule has 0 bridgehead atoms. The van der Waals surface area contributed by atoms with Crippen LogP contribution in [0, 0.1) is 25.7 Å². The Balaban J connectivity index is 1.76. The molecular formula is C32H40F6N6O2. The number of carboxylic acids is 1. The number of benzene rings is 2. The fraction of sp³-hybridized carbons (Fsp3) is 0.562. The fourth-order valence-corrected chi connectivity index (χ4v) is 6.40. The summed E-state index contributed by atoms with van der Waals surface area (Å²) >= 11 is 0. The average Bonchev–Trinajstić information content (AvgIpc) is 3.30. The van der Waals surface area contributed by atoms with Gasteiger partial charge in [0, 0.05) is 25.3 Å². The van der Waals surface area contributed by atoms with Crippen molar-refractivity contribution in [2.45, 2.75) is 84.7 Å². The van der Waals surface area contributed by atoms with Crippen molar-refractivity contribution in [3.8, 4) is 0 Å². The molecule has 0 radical (unpaired) electrons. The van der Waals surface area contributed by atoms with Gasteiger partial charge in [-0.3, -0.25) is 4.79 Å². The van der Waals surface area contributed by atoms with Crippen LogP contribution in [0.15, 0.2) is 30.3 Å².